The second kappa shape index (κ2) is 9.68. The highest BCUT2D eigenvalue weighted by Crippen LogP contribution is 2.41. The molecule has 0 aliphatic carbocycles. The van der Waals surface area contributed by atoms with Gasteiger partial charge in [-0.3, -0.25) is 4.90 Å². The van der Waals surface area contributed by atoms with Crippen LogP contribution in [0, 0.1) is 18.3 Å². The molecule has 2 aliphatic rings. The van der Waals surface area contributed by atoms with Crippen molar-refractivity contribution in [2.75, 3.05) is 32.0 Å². The molecule has 2 unspecified atom stereocenters. The number of aromatic nitrogens is 4. The number of hydrogen-bond donors (Lipinski definition) is 1. The molecule has 0 bridgehead atoms. The number of likely N-dealkylation sites (tertiary alicyclic amines) is 1. The smallest absolute Gasteiger partial charge is 0.409 e. The molecule has 0 spiro atoms. The van der Waals surface area contributed by atoms with E-state index in [-0.39, 0.29) is 24.3 Å². The van der Waals surface area contributed by atoms with Gasteiger partial charge in [0.05, 0.1) is 34.3 Å². The van der Waals surface area contributed by atoms with E-state index in [1.165, 1.54) is 6.33 Å². The molecule has 37 heavy (non-hydrogen) atoms. The molecule has 1 aromatic carbocycles. The molecule has 3 aromatic rings. The van der Waals surface area contributed by atoms with Crippen LogP contribution in [-0.4, -0.2) is 74.0 Å². The van der Waals surface area contributed by atoms with Crippen LogP contribution in [0.25, 0.3) is 11.0 Å². The van der Waals surface area contributed by atoms with Crippen LogP contribution in [0.5, 0.6) is 5.75 Å². The van der Waals surface area contributed by atoms with Crippen LogP contribution in [0.15, 0.2) is 12.4 Å². The van der Waals surface area contributed by atoms with Gasteiger partial charge in [-0.15, -0.1) is 0 Å². The van der Waals surface area contributed by atoms with Crippen molar-refractivity contribution in [3.63, 3.8) is 0 Å². The van der Waals surface area contributed by atoms with Crippen LogP contribution in [-0.2, 0) is 11.3 Å². The number of ether oxygens (including phenoxy) is 2. The van der Waals surface area contributed by atoms with E-state index >= 15 is 0 Å². The molecule has 1 saturated heterocycles. The van der Waals surface area contributed by atoms with Gasteiger partial charge in [0.25, 0.3) is 0 Å². The molecular weight excluding hydrogens is 496 g/mol. The second-order valence-corrected chi connectivity index (χ2v) is 9.93. The van der Waals surface area contributed by atoms with Crippen molar-refractivity contribution >= 4 is 34.5 Å². The van der Waals surface area contributed by atoms with Crippen LogP contribution in [0.2, 0.25) is 5.02 Å². The molecule has 0 radical (unpaired) electrons. The van der Waals surface area contributed by atoms with Gasteiger partial charge in [-0.1, -0.05) is 11.6 Å². The fraction of sp³-hybridized carbons (Fsp3) is 0.480. The third kappa shape index (κ3) is 4.30. The summed E-state index contributed by atoms with van der Waals surface area (Å²) in [6.45, 7) is 10.2. The fourth-order valence-electron chi connectivity index (χ4n) is 5.16. The first-order valence-electron chi connectivity index (χ1n) is 12.3. The standard InChI is InChI=1S/C25H29ClN8O3/c1-5-36-25(35)33-9-16(10-33)32-8-13(2)37-22-17(6-20(26)18(7-27)19(22)11-32)15(4)34-24-21(14(3)31-34)23(28)29-12-30-24/h6,12-13,15-16H,5,8-11H2,1-4H3,(H2,28,29,30). The topological polar surface area (TPSA) is 135 Å². The third-order valence-electron chi connectivity index (χ3n) is 7.06. The number of nitrogen functional groups attached to an aromatic ring is 1. The minimum Gasteiger partial charge on any atom is -0.489 e. The number of benzene rings is 1. The number of amides is 1. The summed E-state index contributed by atoms with van der Waals surface area (Å²) in [5.74, 6) is 1.00. The SMILES string of the molecule is CCOC(=O)N1CC(N2Cc3c(C#N)c(Cl)cc(C(C)n4nc(C)c5c(N)ncnc54)c3OC(C)C2)C1. The van der Waals surface area contributed by atoms with Crippen molar-refractivity contribution < 1.29 is 14.3 Å². The number of hydrogen-bond acceptors (Lipinski definition) is 9. The van der Waals surface area contributed by atoms with E-state index in [0.29, 0.717) is 66.0 Å². The normalized spacial score (nSPS) is 18.9. The van der Waals surface area contributed by atoms with Crippen LogP contribution >= 0.6 is 11.6 Å². The number of nitrogens with zero attached hydrogens (tertiary/aromatic N) is 7. The van der Waals surface area contributed by atoms with Gasteiger partial charge in [-0.2, -0.15) is 10.4 Å². The zero-order valence-corrected chi connectivity index (χ0v) is 22.0. The minimum atomic E-state index is -0.314. The first-order valence-corrected chi connectivity index (χ1v) is 12.6. The summed E-state index contributed by atoms with van der Waals surface area (Å²) in [6, 6.07) is 3.87. The lowest BCUT2D eigenvalue weighted by molar-refractivity contribution is 0.0112. The van der Waals surface area contributed by atoms with E-state index < -0.39 is 0 Å². The molecule has 1 fully saturated rings. The summed E-state index contributed by atoms with van der Waals surface area (Å²) in [7, 11) is 0. The summed E-state index contributed by atoms with van der Waals surface area (Å²) >= 11 is 6.67. The van der Waals surface area contributed by atoms with E-state index in [2.05, 4.69) is 20.9 Å². The summed E-state index contributed by atoms with van der Waals surface area (Å²) in [5.41, 5.74) is 9.37. The van der Waals surface area contributed by atoms with Gasteiger partial charge < -0.3 is 20.1 Å². The molecule has 12 heteroatoms. The Hall–Kier alpha value is -3.62. The molecular formula is C25H29ClN8O3. The maximum atomic E-state index is 12.1. The van der Waals surface area contributed by atoms with Crippen LogP contribution in [0.3, 0.4) is 0 Å². The van der Waals surface area contributed by atoms with E-state index in [9.17, 15) is 10.1 Å². The quantitative estimate of drug-likeness (QED) is 0.545. The lowest BCUT2D eigenvalue weighted by atomic mass is 9.97. The van der Waals surface area contributed by atoms with Gasteiger partial charge >= 0.3 is 6.09 Å². The predicted octanol–water partition coefficient (Wildman–Crippen LogP) is 3.27. The number of halogens is 1. The van der Waals surface area contributed by atoms with Crippen molar-refractivity contribution in [2.45, 2.75) is 52.4 Å². The number of aryl methyl sites for hydroxylation is 1. The average molecular weight is 525 g/mol. The zero-order valence-electron chi connectivity index (χ0n) is 21.2. The number of rotatable bonds is 4. The van der Waals surface area contributed by atoms with Crippen LogP contribution in [0.4, 0.5) is 10.6 Å². The molecule has 2 atom stereocenters. The van der Waals surface area contributed by atoms with E-state index in [4.69, 9.17) is 31.9 Å². The number of nitriles is 1. The fourth-order valence-corrected chi connectivity index (χ4v) is 5.44. The largest absolute Gasteiger partial charge is 0.489 e. The van der Waals surface area contributed by atoms with Crippen molar-refractivity contribution in [1.29, 1.82) is 5.26 Å². The molecule has 0 saturated carbocycles. The first-order chi connectivity index (χ1) is 17.7. The Balaban J connectivity index is 1.53. The number of carbonyl (C=O) groups excluding carboxylic acids is 1. The lowest BCUT2D eigenvalue weighted by Gasteiger charge is -2.44. The molecule has 2 aliphatic heterocycles. The first kappa shape index (κ1) is 25.0. The zero-order chi connectivity index (χ0) is 26.4. The van der Waals surface area contributed by atoms with E-state index in [0.717, 1.165) is 16.8 Å². The third-order valence-corrected chi connectivity index (χ3v) is 7.36. The van der Waals surface area contributed by atoms with Crippen LogP contribution in [0.1, 0.15) is 49.2 Å². The predicted molar refractivity (Wildman–Crippen MR) is 137 cm³/mol. The maximum Gasteiger partial charge on any atom is 0.409 e. The van der Waals surface area contributed by atoms with Gasteiger partial charge in [0.2, 0.25) is 0 Å². The van der Waals surface area contributed by atoms with Crippen molar-refractivity contribution in [3.8, 4) is 11.8 Å². The second-order valence-electron chi connectivity index (χ2n) is 9.52. The van der Waals surface area contributed by atoms with Gasteiger partial charge in [0.15, 0.2) is 5.65 Å². The molecule has 11 nitrogen and oxygen atoms in total. The molecule has 5 rings (SSSR count). The highest BCUT2D eigenvalue weighted by atomic mass is 35.5. The number of fused-ring (bicyclic) bond motifs is 2. The van der Waals surface area contributed by atoms with Gasteiger partial charge in [-0.05, 0) is 33.8 Å². The monoisotopic (exact) mass is 524 g/mol. The Bertz CT molecular complexity index is 1410. The Morgan fingerprint density at radius 3 is 2.84 bits per heavy atom. The van der Waals surface area contributed by atoms with Gasteiger partial charge in [0, 0.05) is 43.3 Å². The number of nitrogens with two attached hydrogens (primary N) is 1. The highest BCUT2D eigenvalue weighted by molar-refractivity contribution is 6.32. The molecule has 4 heterocycles. The van der Waals surface area contributed by atoms with Gasteiger partial charge in [-0.25, -0.2) is 19.4 Å². The Kier molecular flexibility index (Phi) is 6.56. The summed E-state index contributed by atoms with van der Waals surface area (Å²) in [4.78, 5) is 24.5. The van der Waals surface area contributed by atoms with E-state index in [1.54, 1.807) is 22.6 Å². The Morgan fingerprint density at radius 1 is 1.38 bits per heavy atom. The van der Waals surface area contributed by atoms with E-state index in [1.807, 2.05) is 20.8 Å². The lowest BCUT2D eigenvalue weighted by Crippen LogP contribution is -2.61. The molecule has 194 valence electrons. The van der Waals surface area contributed by atoms with Crippen molar-refractivity contribution in [1.82, 2.24) is 29.5 Å². The molecule has 2 aromatic heterocycles. The summed E-state index contributed by atoms with van der Waals surface area (Å²) in [6.07, 6.45) is 0.954. The highest BCUT2D eigenvalue weighted by Gasteiger charge is 2.39. The average Bonchev–Trinajstić information content (AvgIpc) is 3.07. The Labute approximate surface area is 219 Å². The number of anilines is 1. The maximum absolute atomic E-state index is 12.1. The number of carbonyl (C=O) groups is 1. The van der Waals surface area contributed by atoms with Crippen molar-refractivity contribution in [3.05, 3.63) is 39.8 Å². The molecule has 2 N–H and O–H groups in total. The summed E-state index contributed by atoms with van der Waals surface area (Å²) < 4.78 is 13.4. The molecule has 1 amide bonds. The van der Waals surface area contributed by atoms with Crippen molar-refractivity contribution in [2.24, 2.45) is 0 Å². The Morgan fingerprint density at radius 2 is 2.14 bits per heavy atom. The minimum absolute atomic E-state index is 0.130. The summed E-state index contributed by atoms with van der Waals surface area (Å²) in [5, 5.41) is 15.8. The van der Waals surface area contributed by atoms with Crippen LogP contribution < -0.4 is 10.5 Å². The van der Waals surface area contributed by atoms with Gasteiger partial charge in [0.1, 0.15) is 30.1 Å².